The van der Waals surface area contributed by atoms with Crippen LogP contribution in [0.3, 0.4) is 0 Å². The fourth-order valence-corrected chi connectivity index (χ4v) is 3.66. The Kier molecular flexibility index (Phi) is 5.32. The summed E-state index contributed by atoms with van der Waals surface area (Å²) in [5.41, 5.74) is -0.451. The number of H-pyrrole nitrogens is 1. The van der Waals surface area contributed by atoms with E-state index in [1.807, 2.05) is 0 Å². The predicted molar refractivity (Wildman–Crippen MR) is 122 cm³/mol. The summed E-state index contributed by atoms with van der Waals surface area (Å²) in [7, 11) is 0. The number of amides is 2. The van der Waals surface area contributed by atoms with Crippen LogP contribution >= 0.6 is 24.4 Å². The zero-order valence-corrected chi connectivity index (χ0v) is 17.4. The molecule has 0 radical (unpaired) electrons. The van der Waals surface area contributed by atoms with E-state index in [0.29, 0.717) is 11.4 Å². The summed E-state index contributed by atoms with van der Waals surface area (Å²) < 4.78 is 1.12. The van der Waals surface area contributed by atoms with Gasteiger partial charge in [-0.2, -0.15) is 0 Å². The van der Waals surface area contributed by atoms with Crippen LogP contribution in [0.4, 0.5) is 5.69 Å². The van der Waals surface area contributed by atoms with Crippen LogP contribution in [-0.2, 0) is 9.59 Å². The normalized spacial score (nSPS) is 15.3. The number of carbonyl (C=O) groups excluding carboxylic acids is 2. The van der Waals surface area contributed by atoms with Crippen molar-refractivity contribution >= 4 is 53.1 Å². The van der Waals surface area contributed by atoms with E-state index in [0.717, 1.165) is 15.5 Å². The van der Waals surface area contributed by atoms with Crippen molar-refractivity contribution in [2.75, 3.05) is 4.90 Å². The van der Waals surface area contributed by atoms with Gasteiger partial charge in [0, 0.05) is 0 Å². The van der Waals surface area contributed by atoms with Gasteiger partial charge in [0.1, 0.15) is 11.1 Å². The second kappa shape index (κ2) is 8.09. The molecular formula is C21H14N4O4S2. The lowest BCUT2D eigenvalue weighted by atomic mass is 10.1. The lowest BCUT2D eigenvalue weighted by Crippen LogP contribution is -2.54. The van der Waals surface area contributed by atoms with E-state index in [-0.39, 0.29) is 21.0 Å². The highest BCUT2D eigenvalue weighted by atomic mass is 32.1. The summed E-state index contributed by atoms with van der Waals surface area (Å²) in [6.07, 6.45) is 1.03. The molecule has 0 atom stereocenters. The van der Waals surface area contributed by atoms with Crippen molar-refractivity contribution in [2.45, 2.75) is 0 Å². The number of hydrogen-bond acceptors (Lipinski definition) is 6. The van der Waals surface area contributed by atoms with Crippen LogP contribution in [0.15, 0.2) is 71.0 Å². The third kappa shape index (κ3) is 3.69. The minimum absolute atomic E-state index is 0.0395. The molecule has 0 aliphatic carbocycles. The molecule has 0 saturated carbocycles. The predicted octanol–water partition coefficient (Wildman–Crippen LogP) is 2.43. The summed E-state index contributed by atoms with van der Waals surface area (Å²) in [5.74, 6) is -2.07. The van der Waals surface area contributed by atoms with Gasteiger partial charge in [-0.1, -0.05) is 36.4 Å². The van der Waals surface area contributed by atoms with E-state index in [9.17, 15) is 19.5 Å². The first-order valence-corrected chi connectivity index (χ1v) is 9.80. The molecule has 2 aromatic carbocycles. The number of carbonyl (C=O) groups is 2. The van der Waals surface area contributed by atoms with Crippen molar-refractivity contribution in [3.05, 3.63) is 86.9 Å². The number of nitrogens with zero attached hydrogens (tertiary/aromatic N) is 2. The van der Waals surface area contributed by atoms with Crippen LogP contribution in [0.25, 0.3) is 11.8 Å². The van der Waals surface area contributed by atoms with Gasteiger partial charge in [0.15, 0.2) is 9.88 Å². The van der Waals surface area contributed by atoms with Gasteiger partial charge in [-0.3, -0.25) is 29.2 Å². The van der Waals surface area contributed by atoms with Crippen LogP contribution < -0.4 is 15.8 Å². The van der Waals surface area contributed by atoms with Crippen molar-refractivity contribution in [2.24, 2.45) is 0 Å². The molecule has 8 nitrogen and oxygen atoms in total. The van der Waals surface area contributed by atoms with E-state index in [1.54, 1.807) is 60.7 Å². The Labute approximate surface area is 186 Å². The molecular weight excluding hydrogens is 436 g/mol. The topological polar surface area (TPSA) is 107 Å². The molecule has 10 heteroatoms. The van der Waals surface area contributed by atoms with Crippen LogP contribution in [0.1, 0.15) is 5.56 Å². The first-order chi connectivity index (χ1) is 14.9. The third-order valence-corrected chi connectivity index (χ3v) is 5.11. The first kappa shape index (κ1) is 20.4. The highest BCUT2D eigenvalue weighted by molar-refractivity contribution is 7.80. The van der Waals surface area contributed by atoms with Gasteiger partial charge in [0.25, 0.3) is 17.4 Å². The molecule has 154 valence electrons. The van der Waals surface area contributed by atoms with Gasteiger partial charge in [-0.25, -0.2) is 0 Å². The van der Waals surface area contributed by atoms with E-state index in [2.05, 4.69) is 10.3 Å². The van der Waals surface area contributed by atoms with Crippen molar-refractivity contribution < 1.29 is 14.7 Å². The van der Waals surface area contributed by atoms with Gasteiger partial charge < -0.3 is 10.1 Å². The van der Waals surface area contributed by atoms with Crippen molar-refractivity contribution in [1.29, 1.82) is 0 Å². The molecule has 2 amide bonds. The Morgan fingerprint density at radius 1 is 0.871 bits per heavy atom. The number of thiocarbonyl (C=S) groups is 1. The minimum Gasteiger partial charge on any atom is -0.494 e. The first-order valence-electron chi connectivity index (χ1n) is 8.98. The van der Waals surface area contributed by atoms with Gasteiger partial charge in [-0.05, 0) is 54.8 Å². The van der Waals surface area contributed by atoms with Crippen LogP contribution in [-0.4, -0.2) is 31.6 Å². The summed E-state index contributed by atoms with van der Waals surface area (Å²) in [4.78, 5) is 42.4. The van der Waals surface area contributed by atoms with Gasteiger partial charge >= 0.3 is 0 Å². The second-order valence-electron chi connectivity index (χ2n) is 6.46. The Balaban J connectivity index is 1.87. The maximum absolute atomic E-state index is 13.1. The van der Waals surface area contributed by atoms with Crippen molar-refractivity contribution in [3.8, 4) is 11.6 Å². The summed E-state index contributed by atoms with van der Waals surface area (Å²) >= 11 is 10.3. The average Bonchev–Trinajstić information content (AvgIpc) is 2.74. The zero-order valence-electron chi connectivity index (χ0n) is 15.7. The standard InChI is InChI=1S/C21H14N4O4S2/c26-16-14(18(28)24(20(30)22-16)12-7-3-1-4-8-12)11-15-17(27)23-21(31)25(19(15)29)13-9-5-2-6-10-13/h1-11,26H,(H,22,30)(H,23,27,31). The van der Waals surface area contributed by atoms with E-state index >= 15 is 0 Å². The highest BCUT2D eigenvalue weighted by Gasteiger charge is 2.35. The fraction of sp³-hybridized carbons (Fsp3) is 0. The summed E-state index contributed by atoms with van der Waals surface area (Å²) in [5, 5.41) is 12.7. The number of benzene rings is 2. The second-order valence-corrected chi connectivity index (χ2v) is 7.24. The monoisotopic (exact) mass is 450 g/mol. The minimum atomic E-state index is -0.783. The number of hydrogen-bond donors (Lipinski definition) is 3. The SMILES string of the molecule is O=C1NC(=S)N(c2ccccc2)C(=O)C1=Cc1c(O)[nH]c(=S)n(-c2ccccc2)c1=O. The molecule has 1 saturated heterocycles. The number of rotatable bonds is 3. The van der Waals surface area contributed by atoms with E-state index in [1.165, 1.54) is 0 Å². The number of para-hydroxylation sites is 2. The largest absolute Gasteiger partial charge is 0.494 e. The van der Waals surface area contributed by atoms with E-state index in [4.69, 9.17) is 24.4 Å². The molecule has 1 aromatic heterocycles. The Hall–Kier alpha value is -3.89. The average molecular weight is 451 g/mol. The lowest BCUT2D eigenvalue weighted by Gasteiger charge is -2.28. The molecule has 3 aromatic rings. The maximum Gasteiger partial charge on any atom is 0.270 e. The number of aromatic hydroxyl groups is 1. The van der Waals surface area contributed by atoms with Crippen molar-refractivity contribution in [3.63, 3.8) is 0 Å². The molecule has 0 unspecified atom stereocenters. The quantitative estimate of drug-likeness (QED) is 0.321. The van der Waals surface area contributed by atoms with Crippen LogP contribution in [0.2, 0.25) is 0 Å². The van der Waals surface area contributed by atoms with Gasteiger partial charge in [0.2, 0.25) is 5.88 Å². The molecule has 2 heterocycles. The third-order valence-electron chi connectivity index (χ3n) is 4.54. The number of nitrogens with one attached hydrogen (secondary N) is 2. The van der Waals surface area contributed by atoms with Gasteiger partial charge in [-0.15, -0.1) is 0 Å². The van der Waals surface area contributed by atoms with Gasteiger partial charge in [0.05, 0.1) is 11.4 Å². The molecule has 0 bridgehead atoms. The zero-order chi connectivity index (χ0) is 22.1. The Morgan fingerprint density at radius 2 is 1.45 bits per heavy atom. The van der Waals surface area contributed by atoms with E-state index < -0.39 is 23.3 Å². The highest BCUT2D eigenvalue weighted by Crippen LogP contribution is 2.23. The molecule has 1 aliphatic heterocycles. The Bertz CT molecular complexity index is 1360. The lowest BCUT2D eigenvalue weighted by molar-refractivity contribution is -0.122. The number of aromatic nitrogens is 2. The number of aromatic amines is 1. The molecule has 1 aliphatic rings. The smallest absolute Gasteiger partial charge is 0.270 e. The van der Waals surface area contributed by atoms with Crippen molar-refractivity contribution in [1.82, 2.24) is 14.9 Å². The molecule has 31 heavy (non-hydrogen) atoms. The van der Waals surface area contributed by atoms with Crippen LogP contribution in [0.5, 0.6) is 5.88 Å². The summed E-state index contributed by atoms with van der Waals surface area (Å²) in [6, 6.07) is 17.0. The molecule has 1 fully saturated rings. The molecule has 0 spiro atoms. The maximum atomic E-state index is 13.1. The fourth-order valence-electron chi connectivity index (χ4n) is 3.09. The Morgan fingerprint density at radius 3 is 2.06 bits per heavy atom. The molecule has 4 rings (SSSR count). The molecule has 3 N–H and O–H groups in total. The summed E-state index contributed by atoms with van der Waals surface area (Å²) in [6.45, 7) is 0. The van der Waals surface area contributed by atoms with Crippen LogP contribution in [0, 0.1) is 4.77 Å². The number of anilines is 1.